The lowest BCUT2D eigenvalue weighted by atomic mass is 9.89. The predicted molar refractivity (Wildman–Crippen MR) is 128 cm³/mol. The quantitative estimate of drug-likeness (QED) is 0.293. The van der Waals surface area contributed by atoms with Crippen LogP contribution >= 0.6 is 0 Å². The second-order valence-corrected chi connectivity index (χ2v) is 13.9. The highest BCUT2D eigenvalue weighted by Crippen LogP contribution is 2.36. The Hall–Kier alpha value is -1.92. The van der Waals surface area contributed by atoms with Crippen LogP contribution in [0.3, 0.4) is 0 Å². The number of methoxy groups -OCH3 is 2. The molecule has 1 fully saturated rings. The van der Waals surface area contributed by atoms with Gasteiger partial charge < -0.3 is 23.4 Å². The van der Waals surface area contributed by atoms with E-state index in [0.717, 1.165) is 48.3 Å². The molecule has 0 aliphatic carbocycles. The van der Waals surface area contributed by atoms with E-state index in [-0.39, 0.29) is 12.2 Å². The van der Waals surface area contributed by atoms with Gasteiger partial charge in [-0.25, -0.2) is 0 Å². The van der Waals surface area contributed by atoms with E-state index in [2.05, 4.69) is 40.1 Å². The van der Waals surface area contributed by atoms with Crippen molar-refractivity contribution in [2.24, 2.45) is 5.92 Å². The molecule has 1 aromatic rings. The first-order chi connectivity index (χ1) is 14.6. The zero-order chi connectivity index (χ0) is 23.0. The third-order valence-corrected chi connectivity index (χ3v) is 5.91. The van der Waals surface area contributed by atoms with E-state index in [1.807, 2.05) is 24.3 Å². The summed E-state index contributed by atoms with van der Waals surface area (Å²) in [5.41, 5.74) is 2.04. The maximum atomic E-state index is 6.53. The van der Waals surface area contributed by atoms with Gasteiger partial charge in [-0.3, -0.25) is 0 Å². The highest BCUT2D eigenvalue weighted by Gasteiger charge is 2.34. The van der Waals surface area contributed by atoms with Crippen LogP contribution in [0.4, 0.5) is 0 Å². The Morgan fingerprint density at radius 3 is 2.29 bits per heavy atom. The third kappa shape index (κ3) is 8.26. The first-order valence-electron chi connectivity index (χ1n) is 11.2. The Kier molecular flexibility index (Phi) is 9.50. The van der Waals surface area contributed by atoms with Gasteiger partial charge in [-0.15, -0.1) is 0 Å². The predicted octanol–water partition coefficient (Wildman–Crippen LogP) is 6.32. The molecule has 1 heterocycles. The minimum Gasteiger partial charge on any atom is -0.519 e. The molecular weight excluding hydrogens is 408 g/mol. The number of hydrogen-bond acceptors (Lipinski definition) is 5. The van der Waals surface area contributed by atoms with Crippen molar-refractivity contribution in [3.63, 3.8) is 0 Å². The Labute approximate surface area is 189 Å². The van der Waals surface area contributed by atoms with Crippen molar-refractivity contribution in [1.82, 2.24) is 0 Å². The smallest absolute Gasteiger partial charge is 0.271 e. The van der Waals surface area contributed by atoms with Gasteiger partial charge in [0.2, 0.25) is 8.32 Å². The molecule has 1 aliphatic rings. The Morgan fingerprint density at radius 1 is 1.10 bits per heavy atom. The average Bonchev–Trinajstić information content (AvgIpc) is 2.70. The molecule has 5 nitrogen and oxygen atoms in total. The maximum absolute atomic E-state index is 6.53. The topological polar surface area (TPSA) is 46.2 Å². The number of hydrogen-bond donors (Lipinski definition) is 0. The number of benzene rings is 1. The molecule has 1 aromatic carbocycles. The molecule has 2 rings (SSSR count). The van der Waals surface area contributed by atoms with E-state index in [4.69, 9.17) is 23.4 Å². The molecule has 0 N–H and O–H groups in total. The largest absolute Gasteiger partial charge is 0.519 e. The minimum atomic E-state index is -1.82. The van der Waals surface area contributed by atoms with Gasteiger partial charge in [0.25, 0.3) is 5.95 Å². The van der Waals surface area contributed by atoms with Crippen molar-refractivity contribution in [2.45, 2.75) is 71.4 Å². The van der Waals surface area contributed by atoms with Crippen LogP contribution < -0.4 is 9.47 Å². The van der Waals surface area contributed by atoms with Gasteiger partial charge in [0.1, 0.15) is 11.5 Å². The average molecular weight is 449 g/mol. The normalized spacial score (nSPS) is 21.1. The molecule has 0 radical (unpaired) electrons. The van der Waals surface area contributed by atoms with Crippen molar-refractivity contribution in [1.29, 1.82) is 0 Å². The Bertz CT molecular complexity index is 733. The molecule has 0 amide bonds. The van der Waals surface area contributed by atoms with Crippen LogP contribution in [-0.4, -0.2) is 41.4 Å². The second-order valence-electron chi connectivity index (χ2n) is 9.46. The summed E-state index contributed by atoms with van der Waals surface area (Å²) in [7, 11) is 1.51. The van der Waals surface area contributed by atoms with Crippen molar-refractivity contribution in [2.75, 3.05) is 20.8 Å². The van der Waals surface area contributed by atoms with Gasteiger partial charge in [0, 0.05) is 6.42 Å². The van der Waals surface area contributed by atoms with Gasteiger partial charge in [0.05, 0.1) is 38.6 Å². The molecule has 0 aromatic heterocycles. The molecule has 0 spiro atoms. The van der Waals surface area contributed by atoms with Crippen molar-refractivity contribution < 1.29 is 23.4 Å². The summed E-state index contributed by atoms with van der Waals surface area (Å²) in [6, 6.07) is 7.64. The minimum absolute atomic E-state index is 0.0663. The molecule has 6 heteroatoms. The third-order valence-electron chi connectivity index (χ3n) is 5.11. The zero-order valence-electron chi connectivity index (χ0n) is 20.3. The van der Waals surface area contributed by atoms with Crippen LogP contribution in [0, 0.1) is 5.92 Å². The van der Waals surface area contributed by atoms with E-state index < -0.39 is 8.32 Å². The van der Waals surface area contributed by atoms with Crippen molar-refractivity contribution >= 4 is 8.32 Å². The second kappa shape index (κ2) is 11.6. The van der Waals surface area contributed by atoms with Crippen molar-refractivity contribution in [3.8, 4) is 11.5 Å². The number of rotatable bonds is 11. The highest BCUT2D eigenvalue weighted by molar-refractivity contribution is 6.70. The van der Waals surface area contributed by atoms with E-state index in [1.165, 1.54) is 0 Å². The first-order valence-corrected chi connectivity index (χ1v) is 14.6. The molecule has 1 aliphatic heterocycles. The SMILES string of the molecule is C=C1C[C@@H](CCOc2ccc(OC)cc2)O[C@@H](CCC(C)C)/C1=C(/OC)O[Si](C)(C)C. The monoisotopic (exact) mass is 448 g/mol. The first kappa shape index (κ1) is 25.3. The summed E-state index contributed by atoms with van der Waals surface area (Å²) in [6.45, 7) is 15.9. The van der Waals surface area contributed by atoms with E-state index >= 15 is 0 Å². The van der Waals surface area contributed by atoms with Gasteiger partial charge >= 0.3 is 0 Å². The van der Waals surface area contributed by atoms with E-state index in [0.29, 0.717) is 18.5 Å². The fraction of sp³-hybridized carbons (Fsp3) is 0.600. The lowest BCUT2D eigenvalue weighted by Gasteiger charge is -2.36. The molecule has 174 valence electrons. The highest BCUT2D eigenvalue weighted by atomic mass is 28.4. The maximum Gasteiger partial charge on any atom is 0.271 e. The van der Waals surface area contributed by atoms with E-state index in [1.54, 1.807) is 14.2 Å². The van der Waals surface area contributed by atoms with Gasteiger partial charge in [0.15, 0.2) is 0 Å². The Balaban J connectivity index is 2.07. The lowest BCUT2D eigenvalue weighted by Crippen LogP contribution is -2.35. The summed E-state index contributed by atoms with van der Waals surface area (Å²) in [5.74, 6) is 2.84. The van der Waals surface area contributed by atoms with Crippen LogP contribution in [0.1, 0.15) is 39.5 Å². The van der Waals surface area contributed by atoms with Gasteiger partial charge in [-0.2, -0.15) is 0 Å². The van der Waals surface area contributed by atoms with Crippen LogP contribution in [0.15, 0.2) is 47.9 Å². The lowest BCUT2D eigenvalue weighted by molar-refractivity contribution is -0.0271. The summed E-state index contributed by atoms with van der Waals surface area (Å²) < 4.78 is 29.6. The van der Waals surface area contributed by atoms with Crippen molar-refractivity contribution in [3.05, 3.63) is 47.9 Å². The number of ether oxygens (including phenoxy) is 4. The van der Waals surface area contributed by atoms with Crippen LogP contribution in [0.25, 0.3) is 0 Å². The van der Waals surface area contributed by atoms with E-state index in [9.17, 15) is 0 Å². The summed E-state index contributed by atoms with van der Waals surface area (Å²) in [5, 5.41) is 0. The fourth-order valence-electron chi connectivity index (χ4n) is 3.57. The molecule has 0 bridgehead atoms. The zero-order valence-corrected chi connectivity index (χ0v) is 21.3. The van der Waals surface area contributed by atoms with Crippen LogP contribution in [0.2, 0.25) is 19.6 Å². The Morgan fingerprint density at radius 2 is 1.74 bits per heavy atom. The molecule has 0 saturated carbocycles. The molecular formula is C25H40O5Si. The standard InChI is InChI=1S/C25H40O5Si/c1-18(2)9-14-23-24(25(27-5)30-31(6,7)8)19(3)17-22(29-23)15-16-28-21-12-10-20(26-4)11-13-21/h10-13,18,22-23H,3,9,14-17H2,1-2,4-8H3/b25-24-/t22-,23+/m1/s1. The van der Waals surface area contributed by atoms with Crippen LogP contribution in [0.5, 0.6) is 11.5 Å². The summed E-state index contributed by atoms with van der Waals surface area (Å²) >= 11 is 0. The van der Waals surface area contributed by atoms with Gasteiger partial charge in [-0.1, -0.05) is 20.4 Å². The van der Waals surface area contributed by atoms with Crippen LogP contribution in [-0.2, 0) is 13.9 Å². The molecule has 2 atom stereocenters. The molecule has 31 heavy (non-hydrogen) atoms. The van der Waals surface area contributed by atoms with Gasteiger partial charge in [-0.05, 0) is 74.7 Å². The molecule has 0 unspecified atom stereocenters. The fourth-order valence-corrected chi connectivity index (χ4v) is 4.32. The summed E-state index contributed by atoms with van der Waals surface area (Å²) in [6.07, 6.45) is 3.54. The molecule has 1 saturated heterocycles. The summed E-state index contributed by atoms with van der Waals surface area (Å²) in [4.78, 5) is 0.